The molecule has 0 saturated heterocycles. The largest absolute Gasteiger partial charge is 0.497 e. The summed E-state index contributed by atoms with van der Waals surface area (Å²) in [6, 6.07) is 7.80. The van der Waals surface area contributed by atoms with Gasteiger partial charge in [0, 0.05) is 11.5 Å². The Morgan fingerprint density at radius 1 is 1.15 bits per heavy atom. The summed E-state index contributed by atoms with van der Waals surface area (Å²) in [5.41, 5.74) is 2.53. The van der Waals surface area contributed by atoms with Crippen LogP contribution in [0.1, 0.15) is 60.5 Å². The van der Waals surface area contributed by atoms with Crippen LogP contribution < -0.4 is 4.74 Å². The van der Waals surface area contributed by atoms with E-state index in [0.29, 0.717) is 18.6 Å². The molecule has 0 aromatic heterocycles. The number of aliphatic carboxylic acids is 1. The summed E-state index contributed by atoms with van der Waals surface area (Å²) in [6.07, 6.45) is 4.06. The van der Waals surface area contributed by atoms with Crippen molar-refractivity contribution in [1.82, 2.24) is 0 Å². The maximum atomic E-state index is 11.4. The highest BCUT2D eigenvalue weighted by Gasteiger charge is 2.41. The van der Waals surface area contributed by atoms with Crippen molar-refractivity contribution in [3.05, 3.63) is 53.1 Å². The van der Waals surface area contributed by atoms with Gasteiger partial charge in [0.25, 0.3) is 0 Å². The van der Waals surface area contributed by atoms with Crippen LogP contribution in [0.25, 0.3) is 0 Å². The average molecular weight is 477 g/mol. The van der Waals surface area contributed by atoms with Gasteiger partial charge in [-0.25, -0.2) is 4.79 Å². The number of benzene rings is 1. The van der Waals surface area contributed by atoms with Crippen molar-refractivity contribution in [2.75, 3.05) is 7.11 Å². The number of ether oxygens (including phenoxy) is 2. The summed E-state index contributed by atoms with van der Waals surface area (Å²) in [4.78, 5) is 11.4. The predicted molar refractivity (Wildman–Crippen MR) is 138 cm³/mol. The Hall–Kier alpha value is -1.89. The third-order valence-electron chi connectivity index (χ3n) is 6.81. The number of carbonyl (C=O) groups is 1. The van der Waals surface area contributed by atoms with Gasteiger partial charge in [0.1, 0.15) is 5.75 Å². The van der Waals surface area contributed by atoms with Gasteiger partial charge in [-0.1, -0.05) is 52.0 Å². The Morgan fingerprint density at radius 3 is 2.18 bits per heavy atom. The van der Waals surface area contributed by atoms with Gasteiger partial charge >= 0.3 is 5.97 Å². The van der Waals surface area contributed by atoms with E-state index in [1.165, 1.54) is 5.57 Å². The Labute approximate surface area is 202 Å². The molecule has 186 valence electrons. The molecular weight excluding hydrogens is 432 g/mol. The van der Waals surface area contributed by atoms with Crippen molar-refractivity contribution in [3.63, 3.8) is 0 Å². The van der Waals surface area contributed by atoms with Gasteiger partial charge in [0.2, 0.25) is 0 Å². The van der Waals surface area contributed by atoms with Crippen LogP contribution in [0.3, 0.4) is 0 Å². The zero-order valence-electron chi connectivity index (χ0n) is 22.2. The van der Waals surface area contributed by atoms with E-state index in [2.05, 4.69) is 53.8 Å². The van der Waals surface area contributed by atoms with Crippen LogP contribution in [-0.4, -0.2) is 38.7 Å². The summed E-state index contributed by atoms with van der Waals surface area (Å²) in [5.74, 6) is -0.0723. The van der Waals surface area contributed by atoms with E-state index in [1.54, 1.807) is 20.1 Å². The second-order valence-corrected chi connectivity index (χ2v) is 15.1. The lowest BCUT2D eigenvalue weighted by Gasteiger charge is -2.42. The molecule has 1 aromatic carbocycles. The van der Waals surface area contributed by atoms with E-state index in [1.807, 2.05) is 31.2 Å². The van der Waals surface area contributed by atoms with E-state index in [9.17, 15) is 9.90 Å². The first kappa shape index (κ1) is 29.1. The number of carboxylic acid groups (broad SMARTS) is 1. The fourth-order valence-electron chi connectivity index (χ4n) is 3.21. The van der Waals surface area contributed by atoms with Gasteiger partial charge in [-0.15, -0.1) is 0 Å². The first-order valence-corrected chi connectivity index (χ1v) is 14.6. The summed E-state index contributed by atoms with van der Waals surface area (Å²) in [7, 11) is -0.390. The molecular formula is C27H44O5Si. The minimum atomic E-state index is -2.04. The van der Waals surface area contributed by atoms with Crippen molar-refractivity contribution >= 4 is 14.3 Å². The van der Waals surface area contributed by atoms with Gasteiger partial charge in [0.15, 0.2) is 8.32 Å². The average Bonchev–Trinajstić information content (AvgIpc) is 2.75. The van der Waals surface area contributed by atoms with Crippen LogP contribution in [0.4, 0.5) is 0 Å². The second-order valence-electron chi connectivity index (χ2n) is 10.3. The molecule has 1 rings (SSSR count). The SMILES string of the molecule is C/C=C(\C)[C@@H](O[Si](C)(C)C(C)(C)C)[C@@H](C)[C@H](C/C=C(\C)C(=O)O)OCc1ccc(OC)cc1. The van der Waals surface area contributed by atoms with Crippen LogP contribution >= 0.6 is 0 Å². The predicted octanol–water partition coefficient (Wildman–Crippen LogP) is 6.99. The van der Waals surface area contributed by atoms with E-state index in [-0.39, 0.29) is 23.2 Å². The molecule has 0 saturated carbocycles. The lowest BCUT2D eigenvalue weighted by molar-refractivity contribution is -0.132. The van der Waals surface area contributed by atoms with Crippen molar-refractivity contribution in [1.29, 1.82) is 0 Å². The van der Waals surface area contributed by atoms with Crippen LogP contribution in [-0.2, 0) is 20.6 Å². The molecule has 6 heteroatoms. The molecule has 33 heavy (non-hydrogen) atoms. The first-order valence-electron chi connectivity index (χ1n) is 11.7. The van der Waals surface area contributed by atoms with Crippen LogP contribution in [0.2, 0.25) is 18.1 Å². The molecule has 0 amide bonds. The molecule has 3 atom stereocenters. The molecule has 1 N–H and O–H groups in total. The Kier molecular flexibility index (Phi) is 11.1. The Balaban J connectivity index is 3.21. The highest BCUT2D eigenvalue weighted by molar-refractivity contribution is 6.74. The summed E-state index contributed by atoms with van der Waals surface area (Å²) < 4.78 is 18.5. The van der Waals surface area contributed by atoms with Crippen LogP contribution in [0, 0.1) is 5.92 Å². The molecule has 1 aromatic rings. The quantitative estimate of drug-likeness (QED) is 0.200. The topological polar surface area (TPSA) is 65.0 Å². The van der Waals surface area contributed by atoms with Crippen LogP contribution in [0.15, 0.2) is 47.6 Å². The third-order valence-corrected chi connectivity index (χ3v) is 11.3. The molecule has 5 nitrogen and oxygen atoms in total. The fraction of sp³-hybridized carbons (Fsp3) is 0.593. The summed E-state index contributed by atoms with van der Waals surface area (Å²) in [5, 5.41) is 9.40. The summed E-state index contributed by atoms with van der Waals surface area (Å²) in [6.45, 7) is 19.6. The lowest BCUT2D eigenvalue weighted by atomic mass is 9.90. The number of allylic oxidation sites excluding steroid dienone is 1. The van der Waals surface area contributed by atoms with Gasteiger partial charge in [-0.2, -0.15) is 0 Å². The van der Waals surface area contributed by atoms with E-state index in [0.717, 1.165) is 11.3 Å². The third kappa shape index (κ3) is 8.76. The van der Waals surface area contributed by atoms with Crippen molar-refractivity contribution in [3.8, 4) is 5.75 Å². The zero-order valence-corrected chi connectivity index (χ0v) is 23.2. The molecule has 0 spiro atoms. The number of hydrogen-bond acceptors (Lipinski definition) is 4. The maximum Gasteiger partial charge on any atom is 0.330 e. The van der Waals surface area contributed by atoms with Gasteiger partial charge in [-0.05, 0) is 68.6 Å². The van der Waals surface area contributed by atoms with Gasteiger partial charge < -0.3 is 19.0 Å². The normalized spacial score (nSPS) is 16.3. The van der Waals surface area contributed by atoms with E-state index >= 15 is 0 Å². The van der Waals surface area contributed by atoms with Crippen molar-refractivity contribution in [2.24, 2.45) is 5.92 Å². The lowest BCUT2D eigenvalue weighted by Crippen LogP contribution is -2.47. The standard InChI is InChI=1S/C27H44O5Si/c1-11-19(2)25(32-33(9,10)27(5,6)7)21(4)24(17-12-20(3)26(28)29)31-18-22-13-15-23(30-8)16-14-22/h11-16,21,24-25H,17-18H2,1-10H3,(H,28,29)/b19-11+,20-12+/t21-,24-,25+/m0/s1. The molecule has 0 radical (unpaired) electrons. The van der Waals surface area contributed by atoms with E-state index < -0.39 is 14.3 Å². The molecule has 0 fully saturated rings. The number of carboxylic acids is 1. The van der Waals surface area contributed by atoms with Gasteiger partial charge in [0.05, 0.1) is 25.9 Å². The zero-order chi connectivity index (χ0) is 25.4. The molecule has 0 aliphatic carbocycles. The summed E-state index contributed by atoms with van der Waals surface area (Å²) >= 11 is 0. The van der Waals surface area contributed by atoms with E-state index in [4.69, 9.17) is 13.9 Å². The minimum Gasteiger partial charge on any atom is -0.497 e. The number of hydrogen-bond donors (Lipinski definition) is 1. The molecule has 0 unspecified atom stereocenters. The molecule has 0 heterocycles. The fourth-order valence-corrected chi connectivity index (χ4v) is 4.60. The highest BCUT2D eigenvalue weighted by Crippen LogP contribution is 2.40. The van der Waals surface area contributed by atoms with Crippen molar-refractivity contribution in [2.45, 2.75) is 91.8 Å². The van der Waals surface area contributed by atoms with Gasteiger partial charge in [-0.3, -0.25) is 0 Å². The highest BCUT2D eigenvalue weighted by atomic mass is 28.4. The maximum absolute atomic E-state index is 11.4. The Bertz CT molecular complexity index is 818. The minimum absolute atomic E-state index is 0.0337. The molecule has 0 aliphatic rings. The second kappa shape index (κ2) is 12.5. The Morgan fingerprint density at radius 2 is 1.73 bits per heavy atom. The monoisotopic (exact) mass is 476 g/mol. The number of rotatable bonds is 12. The molecule has 0 bridgehead atoms. The first-order chi connectivity index (χ1) is 15.2. The number of methoxy groups -OCH3 is 1. The molecule has 0 aliphatic heterocycles. The smallest absolute Gasteiger partial charge is 0.330 e. The van der Waals surface area contributed by atoms with Crippen molar-refractivity contribution < 1.29 is 23.8 Å². The van der Waals surface area contributed by atoms with Crippen LogP contribution in [0.5, 0.6) is 5.75 Å².